The Hall–Kier alpha value is -3.81. The first-order chi connectivity index (χ1) is 16.7. The molecule has 5 rings (SSSR count). The van der Waals surface area contributed by atoms with Gasteiger partial charge in [-0.3, -0.25) is 0 Å². The molecule has 2 N–H and O–H groups in total. The van der Waals surface area contributed by atoms with E-state index in [-0.39, 0.29) is 0 Å². The maximum atomic E-state index is 5.46. The minimum Gasteiger partial charge on any atom is -0.497 e. The van der Waals surface area contributed by atoms with Gasteiger partial charge in [0, 0.05) is 36.6 Å². The highest BCUT2D eigenvalue weighted by Crippen LogP contribution is 2.39. The van der Waals surface area contributed by atoms with E-state index in [1.54, 1.807) is 20.5 Å². The summed E-state index contributed by atoms with van der Waals surface area (Å²) < 4.78 is 12.8. The molecule has 8 nitrogen and oxygen atoms in total. The molecular formula is C26H32N6O2. The first kappa shape index (κ1) is 23.4. The van der Waals surface area contributed by atoms with Crippen molar-refractivity contribution >= 4 is 17.3 Å². The van der Waals surface area contributed by atoms with E-state index in [2.05, 4.69) is 49.5 Å². The molecule has 0 atom stereocenters. The van der Waals surface area contributed by atoms with Crippen molar-refractivity contribution in [3.8, 4) is 11.5 Å². The minimum absolute atomic E-state index is 0.569. The highest BCUT2D eigenvalue weighted by Gasteiger charge is 2.23. The van der Waals surface area contributed by atoms with Crippen LogP contribution in [0.15, 0.2) is 55.1 Å². The molecule has 0 bridgehead atoms. The van der Waals surface area contributed by atoms with E-state index in [0.717, 1.165) is 46.0 Å². The van der Waals surface area contributed by atoms with Gasteiger partial charge in [0.15, 0.2) is 0 Å². The van der Waals surface area contributed by atoms with E-state index in [1.165, 1.54) is 18.4 Å². The van der Waals surface area contributed by atoms with Gasteiger partial charge >= 0.3 is 0 Å². The van der Waals surface area contributed by atoms with Crippen LogP contribution in [0.3, 0.4) is 0 Å². The summed E-state index contributed by atoms with van der Waals surface area (Å²) in [5, 5.41) is 6.66. The lowest BCUT2D eigenvalue weighted by Gasteiger charge is -2.12. The van der Waals surface area contributed by atoms with Crippen molar-refractivity contribution in [3.63, 3.8) is 0 Å². The van der Waals surface area contributed by atoms with Crippen LogP contribution in [-0.4, -0.2) is 33.6 Å². The lowest BCUT2D eigenvalue weighted by atomic mass is 10.2. The number of nitrogens with zero attached hydrogens (tertiary/aromatic N) is 4. The Balaban J connectivity index is 0.00000133. The molecule has 178 valence electrons. The van der Waals surface area contributed by atoms with Gasteiger partial charge in [-0.05, 0) is 42.5 Å². The average molecular weight is 461 g/mol. The van der Waals surface area contributed by atoms with Crippen LogP contribution in [0.2, 0.25) is 0 Å². The van der Waals surface area contributed by atoms with E-state index in [0.29, 0.717) is 13.1 Å². The third-order valence-electron chi connectivity index (χ3n) is 5.64. The van der Waals surface area contributed by atoms with Crippen LogP contribution in [0.25, 0.3) is 5.65 Å². The highest BCUT2D eigenvalue weighted by molar-refractivity contribution is 5.49. The fourth-order valence-electron chi connectivity index (χ4n) is 3.72. The standard InChI is InChI=1S/C24H26N6O2.C2H6/c1-31-20-7-5-17(21(9-20)32-2)11-25-22-10-23(28-15-27-22)26-12-19-14-30-13-18(16-3-4-16)6-8-24(30)29-19;1-2/h5-10,13-16H,3-4,11-12H2,1-2H3,(H2,25,26,27,28);1-2H3. The van der Waals surface area contributed by atoms with Gasteiger partial charge in [-0.2, -0.15) is 0 Å². The monoisotopic (exact) mass is 460 g/mol. The summed E-state index contributed by atoms with van der Waals surface area (Å²) in [5.41, 5.74) is 4.34. The Morgan fingerprint density at radius 1 is 0.912 bits per heavy atom. The molecule has 3 aromatic heterocycles. The average Bonchev–Trinajstić information content (AvgIpc) is 3.66. The first-order valence-corrected chi connectivity index (χ1v) is 11.7. The molecule has 1 aromatic carbocycles. The predicted octanol–water partition coefficient (Wildman–Crippen LogP) is 5.27. The number of imidazole rings is 1. The molecule has 0 radical (unpaired) electrons. The van der Waals surface area contributed by atoms with Gasteiger partial charge in [-0.25, -0.2) is 15.0 Å². The Morgan fingerprint density at radius 2 is 1.68 bits per heavy atom. The smallest absolute Gasteiger partial charge is 0.137 e. The molecule has 0 spiro atoms. The number of nitrogens with one attached hydrogen (secondary N) is 2. The van der Waals surface area contributed by atoms with Crippen molar-refractivity contribution in [3.05, 3.63) is 71.9 Å². The van der Waals surface area contributed by atoms with Gasteiger partial charge in [0.05, 0.1) is 26.5 Å². The summed E-state index contributed by atoms with van der Waals surface area (Å²) in [5.74, 6) is 3.72. The van der Waals surface area contributed by atoms with Crippen molar-refractivity contribution in [2.75, 3.05) is 24.9 Å². The third kappa shape index (κ3) is 5.57. The molecule has 1 aliphatic carbocycles. The maximum absolute atomic E-state index is 5.46. The number of rotatable bonds is 9. The number of pyridine rings is 1. The largest absolute Gasteiger partial charge is 0.497 e. The second-order valence-corrected chi connectivity index (χ2v) is 7.91. The van der Waals surface area contributed by atoms with E-state index in [9.17, 15) is 0 Å². The van der Waals surface area contributed by atoms with Crippen LogP contribution in [-0.2, 0) is 13.1 Å². The molecule has 3 heterocycles. The SMILES string of the molecule is CC.COc1ccc(CNc2cc(NCc3cn4cc(C5CC5)ccc4n3)ncn2)c(OC)c1. The van der Waals surface area contributed by atoms with Crippen molar-refractivity contribution in [2.45, 2.75) is 45.7 Å². The maximum Gasteiger partial charge on any atom is 0.137 e. The number of methoxy groups -OCH3 is 2. The molecule has 8 heteroatoms. The number of fused-ring (bicyclic) bond motifs is 1. The highest BCUT2D eigenvalue weighted by atomic mass is 16.5. The lowest BCUT2D eigenvalue weighted by molar-refractivity contribution is 0.391. The van der Waals surface area contributed by atoms with Crippen molar-refractivity contribution in [1.82, 2.24) is 19.4 Å². The molecule has 4 aromatic rings. The topological polar surface area (TPSA) is 85.6 Å². The summed E-state index contributed by atoms with van der Waals surface area (Å²) in [6.07, 6.45) is 8.41. The normalized spacial score (nSPS) is 12.6. The van der Waals surface area contributed by atoms with Gasteiger partial charge in [0.1, 0.15) is 35.1 Å². The van der Waals surface area contributed by atoms with E-state index in [4.69, 9.17) is 14.5 Å². The zero-order valence-electron chi connectivity index (χ0n) is 20.2. The number of benzene rings is 1. The van der Waals surface area contributed by atoms with E-state index < -0.39 is 0 Å². The Bertz CT molecular complexity index is 1240. The fourth-order valence-corrected chi connectivity index (χ4v) is 3.72. The van der Waals surface area contributed by atoms with Crippen LogP contribution in [0.4, 0.5) is 11.6 Å². The predicted molar refractivity (Wildman–Crippen MR) is 135 cm³/mol. The zero-order chi connectivity index (χ0) is 23.9. The molecule has 0 unspecified atom stereocenters. The molecular weight excluding hydrogens is 428 g/mol. The van der Waals surface area contributed by atoms with Crippen LogP contribution in [0.1, 0.15) is 49.4 Å². The summed E-state index contributed by atoms with van der Waals surface area (Å²) >= 11 is 0. The van der Waals surface area contributed by atoms with Crippen LogP contribution in [0.5, 0.6) is 11.5 Å². The van der Waals surface area contributed by atoms with Gasteiger partial charge < -0.3 is 24.5 Å². The second kappa shape index (κ2) is 10.9. The van der Waals surface area contributed by atoms with Crippen LogP contribution in [0, 0.1) is 0 Å². The van der Waals surface area contributed by atoms with Gasteiger partial charge in [0.2, 0.25) is 0 Å². The minimum atomic E-state index is 0.569. The third-order valence-corrected chi connectivity index (χ3v) is 5.64. The quantitative estimate of drug-likeness (QED) is 0.352. The van der Waals surface area contributed by atoms with E-state index in [1.807, 2.05) is 38.1 Å². The van der Waals surface area contributed by atoms with Gasteiger partial charge in [-0.15, -0.1) is 0 Å². The number of anilines is 2. The summed E-state index contributed by atoms with van der Waals surface area (Å²) in [7, 11) is 3.29. The number of aromatic nitrogens is 4. The van der Waals surface area contributed by atoms with Crippen molar-refractivity contribution in [2.24, 2.45) is 0 Å². The molecule has 0 amide bonds. The van der Waals surface area contributed by atoms with Crippen LogP contribution >= 0.6 is 0 Å². The molecule has 1 fully saturated rings. The molecule has 34 heavy (non-hydrogen) atoms. The summed E-state index contributed by atoms with van der Waals surface area (Å²) in [6, 6.07) is 11.9. The fraction of sp³-hybridized carbons (Fsp3) is 0.346. The number of ether oxygens (including phenoxy) is 2. The Kier molecular flexibility index (Phi) is 7.47. The zero-order valence-corrected chi connectivity index (χ0v) is 20.2. The Labute approximate surface area is 200 Å². The number of hydrogen-bond acceptors (Lipinski definition) is 7. The van der Waals surface area contributed by atoms with Gasteiger partial charge in [0.25, 0.3) is 0 Å². The molecule has 0 aliphatic heterocycles. The lowest BCUT2D eigenvalue weighted by Crippen LogP contribution is -2.06. The Morgan fingerprint density at radius 3 is 2.38 bits per heavy atom. The first-order valence-electron chi connectivity index (χ1n) is 11.7. The van der Waals surface area contributed by atoms with E-state index >= 15 is 0 Å². The van der Waals surface area contributed by atoms with Gasteiger partial charge in [-0.1, -0.05) is 19.9 Å². The van der Waals surface area contributed by atoms with Crippen molar-refractivity contribution < 1.29 is 9.47 Å². The molecule has 0 saturated heterocycles. The molecule has 1 aliphatic rings. The summed E-state index contributed by atoms with van der Waals surface area (Å²) in [4.78, 5) is 13.3. The summed E-state index contributed by atoms with van der Waals surface area (Å²) in [6.45, 7) is 5.16. The van der Waals surface area contributed by atoms with Crippen LogP contribution < -0.4 is 20.1 Å². The van der Waals surface area contributed by atoms with Crippen molar-refractivity contribution in [1.29, 1.82) is 0 Å². The molecule has 1 saturated carbocycles. The number of hydrogen-bond donors (Lipinski definition) is 2. The second-order valence-electron chi connectivity index (χ2n) is 7.91.